The molecular formula is C9H11NO2. The van der Waals surface area contributed by atoms with E-state index in [1.807, 2.05) is 12.2 Å². The second-order valence-corrected chi connectivity index (χ2v) is 2.40. The Hall–Kier alpha value is -1.35. The van der Waals surface area contributed by atoms with Crippen LogP contribution in [0.1, 0.15) is 12.0 Å². The first-order valence-corrected chi connectivity index (χ1v) is 3.79. The van der Waals surface area contributed by atoms with Gasteiger partial charge in [0.15, 0.2) is 0 Å². The van der Waals surface area contributed by atoms with Crippen molar-refractivity contribution in [1.29, 1.82) is 0 Å². The molecule has 1 aromatic rings. The third-order valence-electron chi connectivity index (χ3n) is 1.41. The molecule has 1 rings (SSSR count). The lowest BCUT2D eigenvalue weighted by molar-refractivity contribution is 0.303. The number of nitrogens with one attached hydrogen (secondary N) is 1. The second kappa shape index (κ2) is 4.51. The van der Waals surface area contributed by atoms with E-state index in [4.69, 9.17) is 5.11 Å². The van der Waals surface area contributed by atoms with Crippen LogP contribution in [0.15, 0.2) is 29.2 Å². The van der Waals surface area contributed by atoms with E-state index in [-0.39, 0.29) is 12.2 Å². The van der Waals surface area contributed by atoms with Gasteiger partial charge in [0.25, 0.3) is 0 Å². The van der Waals surface area contributed by atoms with Gasteiger partial charge < -0.3 is 10.1 Å². The number of hydrogen-bond donors (Lipinski definition) is 2. The molecule has 64 valence electrons. The van der Waals surface area contributed by atoms with E-state index in [0.29, 0.717) is 6.42 Å². The maximum atomic E-state index is 10.8. The molecule has 0 aliphatic rings. The molecule has 1 heterocycles. The molecule has 2 N–H and O–H groups in total. The highest BCUT2D eigenvalue weighted by molar-refractivity contribution is 5.47. The first-order valence-electron chi connectivity index (χ1n) is 3.79. The highest BCUT2D eigenvalue weighted by Gasteiger charge is 1.85. The molecule has 0 fully saturated rings. The molecule has 0 unspecified atom stereocenters. The minimum absolute atomic E-state index is 0.110. The van der Waals surface area contributed by atoms with E-state index < -0.39 is 0 Å². The number of aromatic nitrogens is 1. The average molecular weight is 165 g/mol. The van der Waals surface area contributed by atoms with E-state index >= 15 is 0 Å². The number of aliphatic hydroxyl groups excluding tert-OH is 1. The summed E-state index contributed by atoms with van der Waals surface area (Å²) >= 11 is 0. The first kappa shape index (κ1) is 8.74. The maximum Gasteiger partial charge on any atom is 0.248 e. The number of pyridine rings is 1. The van der Waals surface area contributed by atoms with Crippen LogP contribution in [0.3, 0.4) is 0 Å². The summed E-state index contributed by atoms with van der Waals surface area (Å²) in [5.41, 5.74) is 0.744. The van der Waals surface area contributed by atoms with Crippen molar-refractivity contribution in [2.45, 2.75) is 6.42 Å². The molecule has 0 aliphatic carbocycles. The standard InChI is InChI=1S/C9H11NO2/c11-6-2-1-3-8-4-5-10-9(12)7-8/h1,3-5,7,11H,2,6H2,(H,10,12). The smallest absolute Gasteiger partial charge is 0.248 e. The molecule has 3 heteroatoms. The van der Waals surface area contributed by atoms with E-state index in [1.165, 1.54) is 6.07 Å². The van der Waals surface area contributed by atoms with E-state index in [9.17, 15) is 4.79 Å². The van der Waals surface area contributed by atoms with Crippen molar-refractivity contribution >= 4 is 6.08 Å². The van der Waals surface area contributed by atoms with E-state index in [2.05, 4.69) is 4.98 Å². The molecule has 0 saturated heterocycles. The lowest BCUT2D eigenvalue weighted by Gasteiger charge is -1.89. The second-order valence-electron chi connectivity index (χ2n) is 2.40. The van der Waals surface area contributed by atoms with Gasteiger partial charge in [0.05, 0.1) is 0 Å². The molecule has 0 saturated carbocycles. The zero-order valence-corrected chi connectivity index (χ0v) is 6.66. The van der Waals surface area contributed by atoms with Crippen LogP contribution in [-0.2, 0) is 0 Å². The Morgan fingerprint density at radius 3 is 3.08 bits per heavy atom. The lowest BCUT2D eigenvalue weighted by Crippen LogP contribution is -2.01. The molecule has 0 aromatic carbocycles. The molecule has 0 radical (unpaired) electrons. The maximum absolute atomic E-state index is 10.8. The highest BCUT2D eigenvalue weighted by Crippen LogP contribution is 1.96. The van der Waals surface area contributed by atoms with Gasteiger partial charge >= 0.3 is 0 Å². The fourth-order valence-electron chi connectivity index (χ4n) is 0.859. The van der Waals surface area contributed by atoms with Crippen LogP contribution in [0, 0.1) is 0 Å². The van der Waals surface area contributed by atoms with Gasteiger partial charge in [-0.15, -0.1) is 0 Å². The van der Waals surface area contributed by atoms with Crippen LogP contribution in [0.4, 0.5) is 0 Å². The largest absolute Gasteiger partial charge is 0.396 e. The summed E-state index contributed by atoms with van der Waals surface area (Å²) in [6.45, 7) is 0.139. The minimum Gasteiger partial charge on any atom is -0.396 e. The van der Waals surface area contributed by atoms with Crippen LogP contribution in [0.25, 0.3) is 6.08 Å². The van der Waals surface area contributed by atoms with Crippen molar-refractivity contribution < 1.29 is 5.11 Å². The Morgan fingerprint density at radius 2 is 2.42 bits per heavy atom. The molecule has 3 nitrogen and oxygen atoms in total. The summed E-state index contributed by atoms with van der Waals surface area (Å²) in [4.78, 5) is 13.3. The van der Waals surface area contributed by atoms with Crippen molar-refractivity contribution in [1.82, 2.24) is 4.98 Å². The van der Waals surface area contributed by atoms with Gasteiger partial charge in [0, 0.05) is 18.9 Å². The molecule has 0 bridgehead atoms. The number of hydrogen-bond acceptors (Lipinski definition) is 2. The van der Waals surface area contributed by atoms with Crippen LogP contribution in [0.5, 0.6) is 0 Å². The molecule has 1 aromatic heterocycles. The summed E-state index contributed by atoms with van der Waals surface area (Å²) < 4.78 is 0. The van der Waals surface area contributed by atoms with E-state index in [1.54, 1.807) is 12.3 Å². The Morgan fingerprint density at radius 1 is 1.58 bits per heavy atom. The van der Waals surface area contributed by atoms with Crippen molar-refractivity contribution in [3.8, 4) is 0 Å². The Balaban J connectivity index is 2.69. The Kier molecular flexibility index (Phi) is 3.29. The van der Waals surface area contributed by atoms with Crippen LogP contribution in [0.2, 0.25) is 0 Å². The number of rotatable bonds is 3. The van der Waals surface area contributed by atoms with Crippen molar-refractivity contribution in [3.63, 3.8) is 0 Å². The van der Waals surface area contributed by atoms with Gasteiger partial charge in [-0.2, -0.15) is 0 Å². The molecule has 0 aliphatic heterocycles. The third-order valence-corrected chi connectivity index (χ3v) is 1.41. The van der Waals surface area contributed by atoms with Gasteiger partial charge in [-0.05, 0) is 18.1 Å². The zero-order chi connectivity index (χ0) is 8.81. The molecule has 12 heavy (non-hydrogen) atoms. The summed E-state index contributed by atoms with van der Waals surface area (Å²) in [5, 5.41) is 8.48. The Labute approximate surface area is 70.4 Å². The van der Waals surface area contributed by atoms with Gasteiger partial charge in [-0.3, -0.25) is 4.79 Å². The molecular weight excluding hydrogens is 154 g/mol. The number of aromatic amines is 1. The highest BCUT2D eigenvalue weighted by atomic mass is 16.2. The van der Waals surface area contributed by atoms with Gasteiger partial charge in [-0.25, -0.2) is 0 Å². The summed E-state index contributed by atoms with van der Waals surface area (Å²) in [7, 11) is 0. The quantitative estimate of drug-likeness (QED) is 0.695. The van der Waals surface area contributed by atoms with Crippen molar-refractivity contribution in [2.24, 2.45) is 0 Å². The molecule has 0 spiro atoms. The molecule has 0 amide bonds. The van der Waals surface area contributed by atoms with E-state index in [0.717, 1.165) is 5.56 Å². The molecule has 0 atom stereocenters. The zero-order valence-electron chi connectivity index (χ0n) is 6.66. The number of H-pyrrole nitrogens is 1. The van der Waals surface area contributed by atoms with Gasteiger partial charge in [-0.1, -0.05) is 12.2 Å². The third kappa shape index (κ3) is 2.72. The van der Waals surface area contributed by atoms with Crippen LogP contribution >= 0.6 is 0 Å². The monoisotopic (exact) mass is 165 g/mol. The predicted octanol–water partition coefficient (Wildman–Crippen LogP) is 0.770. The predicted molar refractivity (Wildman–Crippen MR) is 47.8 cm³/mol. The Bertz CT molecular complexity index is 314. The first-order chi connectivity index (χ1) is 5.83. The summed E-state index contributed by atoms with van der Waals surface area (Å²) in [6, 6.07) is 3.31. The van der Waals surface area contributed by atoms with Gasteiger partial charge in [0.1, 0.15) is 0 Å². The minimum atomic E-state index is -0.110. The SMILES string of the molecule is O=c1cc(C=CCCO)cc[nH]1. The fourth-order valence-corrected chi connectivity index (χ4v) is 0.859. The van der Waals surface area contributed by atoms with Crippen LogP contribution in [-0.4, -0.2) is 16.7 Å². The van der Waals surface area contributed by atoms with Gasteiger partial charge in [0.2, 0.25) is 5.56 Å². The van der Waals surface area contributed by atoms with Crippen molar-refractivity contribution in [3.05, 3.63) is 40.3 Å². The van der Waals surface area contributed by atoms with Crippen LogP contribution < -0.4 is 5.56 Å². The average Bonchev–Trinajstić information content (AvgIpc) is 2.05. The summed E-state index contributed by atoms with van der Waals surface area (Å²) in [5.74, 6) is 0. The van der Waals surface area contributed by atoms with Crippen molar-refractivity contribution in [2.75, 3.05) is 6.61 Å². The summed E-state index contributed by atoms with van der Waals surface area (Å²) in [6.07, 6.45) is 5.86. The lowest BCUT2D eigenvalue weighted by atomic mass is 10.2. The topological polar surface area (TPSA) is 53.1 Å². The fraction of sp³-hybridized carbons (Fsp3) is 0.222. The normalized spacial score (nSPS) is 10.8. The number of aliphatic hydroxyl groups is 1.